The fourth-order valence-electron chi connectivity index (χ4n) is 10.3. The molecular formula is C77H88BrN15O12S5. The van der Waals surface area contributed by atoms with E-state index in [9.17, 15) is 53.1 Å². The third kappa shape index (κ3) is 30.0. The Morgan fingerprint density at radius 2 is 0.664 bits per heavy atom. The van der Waals surface area contributed by atoms with Crippen molar-refractivity contribution in [2.75, 3.05) is 4.72 Å². The maximum Gasteiger partial charge on any atom is 0.357 e. The van der Waals surface area contributed by atoms with E-state index in [1.54, 1.807) is 72.0 Å². The molecule has 110 heavy (non-hydrogen) atoms. The number of carbonyl (C=O) groups excluding carboxylic acids is 3. The summed E-state index contributed by atoms with van der Waals surface area (Å²) in [4.78, 5) is 86.8. The van der Waals surface area contributed by atoms with Gasteiger partial charge in [-0.2, -0.15) is 8.42 Å². The molecule has 4 aromatic heterocycles. The second kappa shape index (κ2) is 45.3. The van der Waals surface area contributed by atoms with Crippen molar-refractivity contribution in [2.45, 2.75) is 130 Å². The molecule has 4 heterocycles. The van der Waals surface area contributed by atoms with Crippen LogP contribution in [0.3, 0.4) is 0 Å². The summed E-state index contributed by atoms with van der Waals surface area (Å²) in [7, 11) is -4.33. The number of rotatable bonds is 30. The van der Waals surface area contributed by atoms with Crippen LogP contribution in [0.2, 0.25) is 0 Å². The monoisotopic (exact) mass is 1650 g/mol. The molecule has 0 fully saturated rings. The van der Waals surface area contributed by atoms with Crippen molar-refractivity contribution >= 4 is 113 Å². The van der Waals surface area contributed by atoms with E-state index < -0.39 is 25.1 Å². The first-order valence-electron chi connectivity index (χ1n) is 34.3. The smallest absolute Gasteiger partial charge is 0.334 e. The molecule has 10 N–H and O–H groups in total. The first-order chi connectivity index (χ1) is 52.0. The lowest BCUT2D eigenvalue weighted by Gasteiger charge is -2.18. The quantitative estimate of drug-likeness (QED) is 0.0115. The van der Waals surface area contributed by atoms with Gasteiger partial charge in [0.1, 0.15) is 20.0 Å². The Bertz CT molecular complexity index is 4620. The number of nitrogens with one attached hydrogen (secondary N) is 7. The summed E-state index contributed by atoms with van der Waals surface area (Å²) in [5, 5.41) is 61.2. The number of nitrogens with two attached hydrogens (primary N) is 1. The van der Waals surface area contributed by atoms with Crippen LogP contribution in [0.25, 0.3) is 0 Å². The Morgan fingerprint density at radius 1 is 0.409 bits per heavy atom. The molecule has 0 aliphatic carbocycles. The van der Waals surface area contributed by atoms with Crippen molar-refractivity contribution in [3.63, 3.8) is 0 Å². The average molecular weight is 1660 g/mol. The van der Waals surface area contributed by atoms with Crippen LogP contribution in [0, 0.1) is 30.3 Å². The zero-order valence-corrected chi connectivity index (χ0v) is 65.7. The predicted molar refractivity (Wildman–Crippen MR) is 439 cm³/mol. The van der Waals surface area contributed by atoms with E-state index in [4.69, 9.17) is 10.3 Å². The molecule has 0 saturated heterocycles. The van der Waals surface area contributed by atoms with Crippen molar-refractivity contribution < 1.29 is 42.1 Å². The Kier molecular flexibility index (Phi) is 36.3. The SMILES string of the molecule is Br.C.CCc1csc([C@@H](N)Cc2ccc([N+](=O)[O-])cc2)n1.CCc1csc([C@H](Cc2ccc(NS(=O)(=O)O)cc2)NC(=O)NCc2ccccc2)n1.CCc1csc([C@H](Cc2ccc([N+](=O)[O-])cc2)NC(=O)NCc2ccccc2)n1.CCc1csc([C@H](Cc2ccc([N+](=O)[O-])cc2)NC(=O)NCc2ccccc2)n1. The largest absolute Gasteiger partial charge is 0.357 e. The highest BCUT2D eigenvalue weighted by Gasteiger charge is 2.24. The molecule has 0 bridgehead atoms. The molecule has 0 aliphatic rings. The van der Waals surface area contributed by atoms with Crippen molar-refractivity contribution in [3.8, 4) is 0 Å². The number of nitro groups is 3. The molecule has 11 aromatic rings. The number of nitro benzene ring substituents is 3. The van der Waals surface area contributed by atoms with Crippen molar-refractivity contribution in [3.05, 3.63) is 322 Å². The summed E-state index contributed by atoms with van der Waals surface area (Å²) >= 11 is 6.06. The van der Waals surface area contributed by atoms with Gasteiger partial charge in [0.05, 0.1) is 67.4 Å². The number of anilines is 1. The zero-order chi connectivity index (χ0) is 77.4. The predicted octanol–water partition coefficient (Wildman–Crippen LogP) is 16.6. The van der Waals surface area contributed by atoms with Crippen molar-refractivity contribution in [1.29, 1.82) is 0 Å². The lowest BCUT2D eigenvalue weighted by molar-refractivity contribution is -0.385. The molecule has 7 aromatic carbocycles. The first-order valence-corrected chi connectivity index (χ1v) is 39.3. The number of benzene rings is 7. The normalized spacial score (nSPS) is 11.7. The number of urea groups is 3. The number of thiazole rings is 4. The summed E-state index contributed by atoms with van der Waals surface area (Å²) in [6.07, 6.45) is 5.44. The van der Waals surface area contributed by atoms with Crippen molar-refractivity contribution in [1.82, 2.24) is 51.8 Å². The Morgan fingerprint density at radius 3 is 0.918 bits per heavy atom. The first kappa shape index (κ1) is 88.1. The van der Waals surface area contributed by atoms with Gasteiger partial charge in [-0.25, -0.2) is 34.3 Å². The Labute approximate surface area is 665 Å². The number of aromatic nitrogens is 4. The number of carbonyl (C=O) groups is 3. The van der Waals surface area contributed by atoms with Gasteiger partial charge in [-0.3, -0.25) is 39.6 Å². The van der Waals surface area contributed by atoms with Crippen molar-refractivity contribution in [2.24, 2.45) is 5.73 Å². The topological polar surface area (TPSA) is 397 Å². The summed E-state index contributed by atoms with van der Waals surface area (Å²) in [5.41, 5.74) is 17.2. The number of hydrogen-bond acceptors (Lipinski definition) is 20. The third-order valence-corrected chi connectivity index (χ3v) is 20.7. The van der Waals surface area contributed by atoms with Gasteiger partial charge < -0.3 is 37.6 Å². The van der Waals surface area contributed by atoms with Crippen LogP contribution in [0.15, 0.2) is 210 Å². The Hall–Kier alpha value is -10.8. The molecule has 27 nitrogen and oxygen atoms in total. The van der Waals surface area contributed by atoms with Crippen LogP contribution in [-0.2, 0) is 81.3 Å². The number of halogens is 1. The van der Waals surface area contributed by atoms with E-state index in [0.717, 1.165) is 107 Å². The van der Waals surface area contributed by atoms with Gasteiger partial charge >= 0.3 is 28.4 Å². The van der Waals surface area contributed by atoms with Crippen LogP contribution in [0.1, 0.15) is 141 Å². The number of hydrogen-bond donors (Lipinski definition) is 9. The minimum Gasteiger partial charge on any atom is -0.334 e. The summed E-state index contributed by atoms with van der Waals surface area (Å²) < 4.78 is 32.8. The molecule has 0 spiro atoms. The van der Waals surface area contributed by atoms with E-state index in [-0.39, 0.29) is 89.4 Å². The number of amides is 6. The zero-order valence-electron chi connectivity index (χ0n) is 59.9. The standard InChI is InChI=1S/C21H24N4O4S2.2C21H22N4O3S.C13H15N3O2S.CH4.BrH/c1-2-17-14-30-20(23-17)19(24-21(26)22-13-16-6-4-3-5-7-16)12-15-8-10-18(11-9-15)25-31(27,28)29;2*1-2-17-14-29-20(23-17)19(12-15-8-10-18(11-9-15)25(27)28)24-21(26)22-13-16-6-4-3-5-7-16;1-2-10-8-19-13(15-10)12(14)7-9-3-5-11(6-4-9)16(17)18;;/h3-11,14,19,25H,2,12-13H2,1H3,(H2,22,24,26)(H,27,28,29);2*3-11,14,19H,2,12-13H2,1H3,(H2,22,24,26);3-6,8,12H,2,7,14H2,1H3;1H4;1H/t3*19-;12-;;/m0000../s1. The van der Waals surface area contributed by atoms with Gasteiger partial charge in [0.25, 0.3) is 17.1 Å². The van der Waals surface area contributed by atoms with Gasteiger partial charge in [0, 0.05) is 77.6 Å². The van der Waals surface area contributed by atoms with Gasteiger partial charge in [-0.15, -0.1) is 62.3 Å². The minimum atomic E-state index is -4.33. The highest BCUT2D eigenvalue weighted by molar-refractivity contribution is 8.93. The minimum absolute atomic E-state index is 0. The molecule has 0 aliphatic heterocycles. The van der Waals surface area contributed by atoms with E-state index in [1.807, 2.05) is 138 Å². The highest BCUT2D eigenvalue weighted by atomic mass is 79.9. The highest BCUT2D eigenvalue weighted by Crippen LogP contribution is 2.29. The van der Waals surface area contributed by atoms with Crippen LogP contribution < -0.4 is 42.4 Å². The average Bonchev–Trinajstić information content (AvgIpc) is 1.74. The maximum atomic E-state index is 12.5. The Balaban J connectivity index is 0.000000230. The molecule has 0 unspecified atom stereocenters. The molecule has 0 radical (unpaired) electrons. The summed E-state index contributed by atoms with van der Waals surface area (Å²) in [5.74, 6) is 0. The molecule has 0 saturated carbocycles. The fourth-order valence-corrected chi connectivity index (χ4v) is 14.5. The molecule has 11 rings (SSSR count). The van der Waals surface area contributed by atoms with Gasteiger partial charge in [0.15, 0.2) is 0 Å². The molecule has 6 amide bonds. The second-order valence-corrected chi connectivity index (χ2v) is 28.9. The van der Waals surface area contributed by atoms with E-state index in [2.05, 4.69) is 58.8 Å². The lowest BCUT2D eigenvalue weighted by Crippen LogP contribution is -2.38. The molecule has 33 heteroatoms. The van der Waals surface area contributed by atoms with Crippen LogP contribution in [0.5, 0.6) is 0 Å². The van der Waals surface area contributed by atoms with Gasteiger partial charge in [-0.05, 0) is 102 Å². The van der Waals surface area contributed by atoms with Crippen LogP contribution in [0.4, 0.5) is 37.1 Å². The van der Waals surface area contributed by atoms with Gasteiger partial charge in [-0.1, -0.05) is 175 Å². The molecule has 4 atom stereocenters. The van der Waals surface area contributed by atoms with Crippen LogP contribution in [-0.4, -0.2) is 65.8 Å². The maximum absolute atomic E-state index is 12.5. The van der Waals surface area contributed by atoms with E-state index >= 15 is 0 Å². The third-order valence-electron chi connectivity index (χ3n) is 16.2. The lowest BCUT2D eigenvalue weighted by atomic mass is 10.1. The molecular weight excluding hydrogens is 1570 g/mol. The summed E-state index contributed by atoms with van der Waals surface area (Å²) in [6, 6.07) is 52.8. The number of non-ortho nitro benzene ring substituents is 3. The van der Waals surface area contributed by atoms with E-state index in [0.29, 0.717) is 45.3 Å². The van der Waals surface area contributed by atoms with E-state index in [1.165, 1.54) is 70.4 Å². The fraction of sp³-hybridized carbons (Fsp3) is 0.260. The molecule has 580 valence electrons. The second-order valence-electron chi connectivity index (χ2n) is 24.2. The number of aryl methyl sites for hydroxylation is 4. The van der Waals surface area contributed by atoms with Gasteiger partial charge in [0.2, 0.25) is 0 Å². The van der Waals surface area contributed by atoms with Crippen LogP contribution >= 0.6 is 62.3 Å². The summed E-state index contributed by atoms with van der Waals surface area (Å²) in [6.45, 7) is 9.40. The number of nitrogens with zero attached hydrogens (tertiary/aromatic N) is 7.